The first-order chi connectivity index (χ1) is 5.24. The van der Waals surface area contributed by atoms with E-state index in [9.17, 15) is 0 Å². The highest BCUT2D eigenvalue weighted by atomic mass is 16.5. The highest BCUT2D eigenvalue weighted by molar-refractivity contribution is 4.76. The standard InChI is InChI=1S/C10H20O/c1-4-11-9(3)10-6-5-8(2)7-10/h8-10H,4-7H2,1-3H3. The minimum atomic E-state index is 0.491. The quantitative estimate of drug-likeness (QED) is 0.610. The molecule has 0 amide bonds. The molecule has 1 rings (SSSR count). The van der Waals surface area contributed by atoms with Gasteiger partial charge in [0.15, 0.2) is 0 Å². The summed E-state index contributed by atoms with van der Waals surface area (Å²) in [6.07, 6.45) is 4.65. The molecular weight excluding hydrogens is 136 g/mol. The molecule has 1 nitrogen and oxygen atoms in total. The van der Waals surface area contributed by atoms with Crippen LogP contribution in [0.2, 0.25) is 0 Å². The van der Waals surface area contributed by atoms with Crippen LogP contribution < -0.4 is 0 Å². The van der Waals surface area contributed by atoms with E-state index in [1.807, 2.05) is 0 Å². The zero-order chi connectivity index (χ0) is 8.27. The molecule has 1 saturated carbocycles. The fourth-order valence-corrected chi connectivity index (χ4v) is 2.08. The van der Waals surface area contributed by atoms with Crippen molar-refractivity contribution in [2.24, 2.45) is 11.8 Å². The fraction of sp³-hybridized carbons (Fsp3) is 1.00. The smallest absolute Gasteiger partial charge is 0.0575 e. The lowest BCUT2D eigenvalue weighted by Crippen LogP contribution is -2.18. The van der Waals surface area contributed by atoms with Crippen LogP contribution in [0.25, 0.3) is 0 Å². The third-order valence-corrected chi connectivity index (χ3v) is 2.83. The molecule has 1 aliphatic carbocycles. The van der Waals surface area contributed by atoms with Crippen molar-refractivity contribution in [3.05, 3.63) is 0 Å². The molecule has 0 heterocycles. The van der Waals surface area contributed by atoms with Crippen molar-refractivity contribution < 1.29 is 4.74 Å². The van der Waals surface area contributed by atoms with Gasteiger partial charge in [-0.15, -0.1) is 0 Å². The maximum atomic E-state index is 5.57. The van der Waals surface area contributed by atoms with Crippen LogP contribution >= 0.6 is 0 Å². The van der Waals surface area contributed by atoms with Gasteiger partial charge in [-0.25, -0.2) is 0 Å². The summed E-state index contributed by atoms with van der Waals surface area (Å²) in [6, 6.07) is 0. The molecule has 66 valence electrons. The van der Waals surface area contributed by atoms with Crippen molar-refractivity contribution in [2.45, 2.75) is 46.1 Å². The molecule has 0 spiro atoms. The molecule has 3 atom stereocenters. The lowest BCUT2D eigenvalue weighted by atomic mass is 10.0. The number of hydrogen-bond acceptors (Lipinski definition) is 1. The molecule has 11 heavy (non-hydrogen) atoms. The summed E-state index contributed by atoms with van der Waals surface area (Å²) in [5, 5.41) is 0. The molecule has 1 aliphatic rings. The first kappa shape index (κ1) is 9.05. The number of hydrogen-bond donors (Lipinski definition) is 0. The SMILES string of the molecule is CCOC(C)C1CCC(C)C1. The van der Waals surface area contributed by atoms with E-state index >= 15 is 0 Å². The molecule has 0 aromatic heterocycles. The Labute approximate surface area is 70.1 Å². The van der Waals surface area contributed by atoms with Gasteiger partial charge in [0.1, 0.15) is 0 Å². The average Bonchev–Trinajstić information content (AvgIpc) is 2.36. The Balaban J connectivity index is 2.25. The molecule has 0 N–H and O–H groups in total. The Kier molecular flexibility index (Phi) is 3.38. The molecule has 0 aromatic carbocycles. The molecule has 1 fully saturated rings. The van der Waals surface area contributed by atoms with E-state index in [-0.39, 0.29) is 0 Å². The van der Waals surface area contributed by atoms with Gasteiger partial charge in [-0.3, -0.25) is 0 Å². The summed E-state index contributed by atoms with van der Waals surface area (Å²) in [5.74, 6) is 1.77. The highest BCUT2D eigenvalue weighted by Crippen LogP contribution is 2.33. The predicted octanol–water partition coefficient (Wildman–Crippen LogP) is 2.85. The third-order valence-electron chi connectivity index (χ3n) is 2.83. The lowest BCUT2D eigenvalue weighted by molar-refractivity contribution is 0.0341. The Morgan fingerprint density at radius 2 is 2.18 bits per heavy atom. The van der Waals surface area contributed by atoms with Crippen molar-refractivity contribution in [2.75, 3.05) is 6.61 Å². The molecule has 1 heteroatoms. The van der Waals surface area contributed by atoms with E-state index < -0.39 is 0 Å². The normalized spacial score (nSPS) is 34.1. The van der Waals surface area contributed by atoms with Crippen LogP contribution in [0.1, 0.15) is 40.0 Å². The fourth-order valence-electron chi connectivity index (χ4n) is 2.08. The highest BCUT2D eigenvalue weighted by Gasteiger charge is 2.25. The van der Waals surface area contributed by atoms with Gasteiger partial charge in [0, 0.05) is 6.61 Å². The summed E-state index contributed by atoms with van der Waals surface area (Å²) in [7, 11) is 0. The van der Waals surface area contributed by atoms with Crippen LogP contribution in [-0.2, 0) is 4.74 Å². The van der Waals surface area contributed by atoms with Crippen molar-refractivity contribution in [3.8, 4) is 0 Å². The Morgan fingerprint density at radius 1 is 1.45 bits per heavy atom. The van der Waals surface area contributed by atoms with Gasteiger partial charge < -0.3 is 4.74 Å². The van der Waals surface area contributed by atoms with Crippen LogP contribution in [0.4, 0.5) is 0 Å². The van der Waals surface area contributed by atoms with Crippen LogP contribution in [0.15, 0.2) is 0 Å². The molecular formula is C10H20O. The molecule has 0 radical (unpaired) electrons. The first-order valence-electron chi connectivity index (χ1n) is 4.85. The minimum absolute atomic E-state index is 0.491. The molecule has 0 saturated heterocycles. The molecule has 0 bridgehead atoms. The Bertz CT molecular complexity index is 111. The summed E-state index contributed by atoms with van der Waals surface area (Å²) < 4.78 is 5.57. The van der Waals surface area contributed by atoms with Crippen molar-refractivity contribution in [3.63, 3.8) is 0 Å². The molecule has 3 unspecified atom stereocenters. The van der Waals surface area contributed by atoms with E-state index in [0.717, 1.165) is 18.4 Å². The summed E-state index contributed by atoms with van der Waals surface area (Å²) in [5.41, 5.74) is 0. The van der Waals surface area contributed by atoms with Crippen LogP contribution in [0, 0.1) is 11.8 Å². The van der Waals surface area contributed by atoms with Crippen LogP contribution in [0.3, 0.4) is 0 Å². The lowest BCUT2D eigenvalue weighted by Gasteiger charge is -2.18. The van der Waals surface area contributed by atoms with Crippen molar-refractivity contribution in [1.82, 2.24) is 0 Å². The summed E-state index contributed by atoms with van der Waals surface area (Å²) in [4.78, 5) is 0. The second-order valence-corrected chi connectivity index (χ2v) is 3.84. The second kappa shape index (κ2) is 4.10. The van der Waals surface area contributed by atoms with Gasteiger partial charge in [-0.2, -0.15) is 0 Å². The van der Waals surface area contributed by atoms with Crippen LogP contribution in [-0.4, -0.2) is 12.7 Å². The summed E-state index contributed by atoms with van der Waals surface area (Å²) in [6.45, 7) is 7.51. The van der Waals surface area contributed by atoms with E-state index in [4.69, 9.17) is 4.74 Å². The predicted molar refractivity (Wildman–Crippen MR) is 47.6 cm³/mol. The van der Waals surface area contributed by atoms with Gasteiger partial charge >= 0.3 is 0 Å². The van der Waals surface area contributed by atoms with Crippen molar-refractivity contribution >= 4 is 0 Å². The molecule has 0 aliphatic heterocycles. The average molecular weight is 156 g/mol. The molecule has 0 aromatic rings. The monoisotopic (exact) mass is 156 g/mol. The van der Waals surface area contributed by atoms with Gasteiger partial charge in [-0.1, -0.05) is 13.3 Å². The van der Waals surface area contributed by atoms with Crippen molar-refractivity contribution in [1.29, 1.82) is 0 Å². The van der Waals surface area contributed by atoms with E-state index in [2.05, 4.69) is 20.8 Å². The van der Waals surface area contributed by atoms with E-state index in [1.165, 1.54) is 19.3 Å². The number of rotatable bonds is 3. The maximum Gasteiger partial charge on any atom is 0.0575 e. The maximum absolute atomic E-state index is 5.57. The minimum Gasteiger partial charge on any atom is -0.379 e. The second-order valence-electron chi connectivity index (χ2n) is 3.84. The third kappa shape index (κ3) is 2.48. The largest absolute Gasteiger partial charge is 0.379 e. The van der Waals surface area contributed by atoms with Gasteiger partial charge in [0.05, 0.1) is 6.10 Å². The van der Waals surface area contributed by atoms with Gasteiger partial charge in [0.25, 0.3) is 0 Å². The first-order valence-corrected chi connectivity index (χ1v) is 4.85. The van der Waals surface area contributed by atoms with Gasteiger partial charge in [0.2, 0.25) is 0 Å². The number of ether oxygens (including phenoxy) is 1. The van der Waals surface area contributed by atoms with Crippen LogP contribution in [0.5, 0.6) is 0 Å². The van der Waals surface area contributed by atoms with E-state index in [1.54, 1.807) is 0 Å². The zero-order valence-electron chi connectivity index (χ0n) is 7.97. The summed E-state index contributed by atoms with van der Waals surface area (Å²) >= 11 is 0. The Morgan fingerprint density at radius 3 is 2.64 bits per heavy atom. The van der Waals surface area contributed by atoms with E-state index in [0.29, 0.717) is 6.10 Å². The zero-order valence-corrected chi connectivity index (χ0v) is 7.97. The topological polar surface area (TPSA) is 9.23 Å². The van der Waals surface area contributed by atoms with Gasteiger partial charge in [-0.05, 0) is 38.5 Å². The Hall–Kier alpha value is -0.0400.